The van der Waals surface area contributed by atoms with Crippen molar-refractivity contribution in [1.82, 2.24) is 0 Å². The van der Waals surface area contributed by atoms with E-state index in [-0.39, 0.29) is 0 Å². The van der Waals surface area contributed by atoms with E-state index in [0.29, 0.717) is 6.61 Å². The Kier molecular flexibility index (Phi) is 5.16. The van der Waals surface area contributed by atoms with Crippen molar-refractivity contribution in [2.24, 2.45) is 0 Å². The Labute approximate surface area is 95.1 Å². The zero-order chi connectivity index (χ0) is 9.52. The lowest BCUT2D eigenvalue weighted by Crippen LogP contribution is -1.94. The molecule has 1 aromatic carbocycles. The number of alkyl halides is 1. The first-order chi connectivity index (χ1) is 6.38. The number of hydrogen-bond acceptors (Lipinski definition) is 1. The van der Waals surface area contributed by atoms with Crippen molar-refractivity contribution in [2.75, 3.05) is 11.9 Å². The van der Waals surface area contributed by atoms with Crippen LogP contribution in [0.1, 0.15) is 5.56 Å². The highest BCUT2D eigenvalue weighted by Gasteiger charge is 1.99. The summed E-state index contributed by atoms with van der Waals surface area (Å²) in [6, 6.07) is 10.00. The molecule has 0 saturated heterocycles. The van der Waals surface area contributed by atoms with Crippen molar-refractivity contribution in [2.45, 2.75) is 0 Å². The summed E-state index contributed by atoms with van der Waals surface area (Å²) in [5.41, 5.74) is 1.08. The second kappa shape index (κ2) is 6.22. The summed E-state index contributed by atoms with van der Waals surface area (Å²) >= 11 is 6.59. The molecule has 0 heterocycles. The van der Waals surface area contributed by atoms with E-state index in [1.165, 1.54) is 0 Å². The molecule has 0 aliphatic rings. The molecule has 0 aliphatic heterocycles. The lowest BCUT2D eigenvalue weighted by Gasteiger charge is -2.07. The van der Waals surface area contributed by atoms with Gasteiger partial charge in [-0.15, -0.1) is 0 Å². The summed E-state index contributed by atoms with van der Waals surface area (Å²) in [4.78, 5) is 1.80. The Morgan fingerprint density at radius 1 is 1.31 bits per heavy atom. The van der Waals surface area contributed by atoms with Crippen molar-refractivity contribution < 1.29 is 4.74 Å². The molecule has 0 saturated carbocycles. The maximum Gasteiger partial charge on any atom is 0.133 e. The summed E-state index contributed by atoms with van der Waals surface area (Å²) in [5.74, 6) is 0.861. The average Bonchev–Trinajstić information content (AvgIpc) is 2.21. The van der Waals surface area contributed by atoms with Gasteiger partial charge >= 0.3 is 0 Å². The van der Waals surface area contributed by atoms with Crippen LogP contribution in [0, 0.1) is 0 Å². The van der Waals surface area contributed by atoms with Gasteiger partial charge < -0.3 is 4.74 Å². The largest absolute Gasteiger partial charge is 0.492 e. The van der Waals surface area contributed by atoms with Crippen molar-refractivity contribution >= 4 is 37.6 Å². The number of hydrogen-bond donors (Lipinski definition) is 0. The van der Waals surface area contributed by atoms with E-state index in [1.807, 2.05) is 30.3 Å². The first kappa shape index (κ1) is 10.8. The Hall–Kier alpha value is -0.280. The smallest absolute Gasteiger partial charge is 0.133 e. The van der Waals surface area contributed by atoms with E-state index in [2.05, 4.69) is 31.9 Å². The van der Waals surface area contributed by atoms with Gasteiger partial charge in [0.25, 0.3) is 0 Å². The van der Waals surface area contributed by atoms with E-state index < -0.39 is 0 Å². The van der Waals surface area contributed by atoms with Crippen LogP contribution >= 0.6 is 31.9 Å². The molecule has 1 nitrogen and oxygen atoms in total. The molecule has 0 amide bonds. The zero-order valence-electron chi connectivity index (χ0n) is 7.04. The minimum atomic E-state index is 0.673. The van der Waals surface area contributed by atoms with Crippen molar-refractivity contribution in [3.63, 3.8) is 0 Å². The molecule has 0 fully saturated rings. The third-order valence-electron chi connectivity index (χ3n) is 1.49. The summed E-state index contributed by atoms with van der Waals surface area (Å²) in [7, 11) is 0. The summed E-state index contributed by atoms with van der Waals surface area (Å²) < 4.78 is 5.49. The fraction of sp³-hybridized carbons (Fsp3) is 0.200. The molecular weight excluding hydrogens is 296 g/mol. The first-order valence-electron chi connectivity index (χ1n) is 3.93. The van der Waals surface area contributed by atoms with Crippen LogP contribution in [0.4, 0.5) is 0 Å². The summed E-state index contributed by atoms with van der Waals surface area (Å²) in [6.07, 6.45) is 0. The minimum absolute atomic E-state index is 0.673. The maximum atomic E-state index is 5.49. The van der Waals surface area contributed by atoms with Gasteiger partial charge in [0.05, 0.1) is 6.61 Å². The van der Waals surface area contributed by atoms with Crippen LogP contribution in [-0.2, 0) is 4.74 Å². The van der Waals surface area contributed by atoms with E-state index in [1.54, 1.807) is 4.99 Å². The van der Waals surface area contributed by atoms with Crippen LogP contribution in [0.15, 0.2) is 35.3 Å². The van der Waals surface area contributed by atoms with Gasteiger partial charge in [-0.3, -0.25) is 0 Å². The van der Waals surface area contributed by atoms with Crippen LogP contribution in [0.25, 0.3) is 5.76 Å². The molecule has 0 bridgehead atoms. The Balaban J connectivity index is 2.69. The Bertz CT molecular complexity index is 270. The normalized spacial score (nSPS) is 11.4. The number of ether oxygens (including phenoxy) is 1. The molecule has 3 heteroatoms. The quantitative estimate of drug-likeness (QED) is 0.607. The molecule has 0 spiro atoms. The monoisotopic (exact) mass is 304 g/mol. The van der Waals surface area contributed by atoms with Crippen LogP contribution in [0.2, 0.25) is 0 Å². The third-order valence-corrected chi connectivity index (χ3v) is 2.23. The highest BCUT2D eigenvalue weighted by molar-refractivity contribution is 9.11. The molecule has 70 valence electrons. The Morgan fingerprint density at radius 2 is 2.00 bits per heavy atom. The van der Waals surface area contributed by atoms with E-state index in [0.717, 1.165) is 16.7 Å². The second-order valence-electron chi connectivity index (χ2n) is 2.38. The molecule has 0 unspecified atom stereocenters. The number of rotatable bonds is 4. The van der Waals surface area contributed by atoms with Gasteiger partial charge in [-0.1, -0.05) is 62.2 Å². The number of benzene rings is 1. The fourth-order valence-corrected chi connectivity index (χ4v) is 1.49. The van der Waals surface area contributed by atoms with Crippen molar-refractivity contribution in [3.8, 4) is 0 Å². The van der Waals surface area contributed by atoms with Gasteiger partial charge in [0.15, 0.2) is 0 Å². The fourth-order valence-electron chi connectivity index (χ4n) is 0.929. The van der Waals surface area contributed by atoms with Gasteiger partial charge in [-0.25, -0.2) is 0 Å². The van der Waals surface area contributed by atoms with E-state index in [4.69, 9.17) is 4.74 Å². The maximum absolute atomic E-state index is 5.49. The van der Waals surface area contributed by atoms with E-state index >= 15 is 0 Å². The SMILES string of the molecule is BrC=C(OCCBr)c1ccccc1. The van der Waals surface area contributed by atoms with Crippen molar-refractivity contribution in [1.29, 1.82) is 0 Å². The molecule has 0 N–H and O–H groups in total. The summed E-state index contributed by atoms with van der Waals surface area (Å²) in [6.45, 7) is 0.673. The highest BCUT2D eigenvalue weighted by atomic mass is 79.9. The van der Waals surface area contributed by atoms with Crippen LogP contribution in [-0.4, -0.2) is 11.9 Å². The molecule has 0 aromatic heterocycles. The average molecular weight is 306 g/mol. The van der Waals surface area contributed by atoms with Crippen molar-refractivity contribution in [3.05, 3.63) is 40.9 Å². The Morgan fingerprint density at radius 3 is 2.54 bits per heavy atom. The van der Waals surface area contributed by atoms with Gasteiger partial charge in [0, 0.05) is 15.9 Å². The molecule has 0 radical (unpaired) electrons. The molecule has 0 atom stereocenters. The third kappa shape index (κ3) is 3.53. The summed E-state index contributed by atoms with van der Waals surface area (Å²) in [5, 5.41) is 0.837. The highest BCUT2D eigenvalue weighted by Crippen LogP contribution is 2.16. The molecule has 1 aromatic rings. The lowest BCUT2D eigenvalue weighted by atomic mass is 10.2. The standard InChI is InChI=1S/C10H10Br2O/c11-6-7-13-10(8-12)9-4-2-1-3-5-9/h1-5,8H,6-7H2. The number of halogens is 2. The lowest BCUT2D eigenvalue weighted by molar-refractivity contribution is 0.303. The van der Waals surface area contributed by atoms with Gasteiger partial charge in [0.1, 0.15) is 5.76 Å². The molecule has 13 heavy (non-hydrogen) atoms. The zero-order valence-corrected chi connectivity index (χ0v) is 10.2. The van der Waals surface area contributed by atoms with Crippen LogP contribution in [0.5, 0.6) is 0 Å². The first-order valence-corrected chi connectivity index (χ1v) is 5.96. The minimum Gasteiger partial charge on any atom is -0.492 e. The van der Waals surface area contributed by atoms with Gasteiger partial charge in [0.2, 0.25) is 0 Å². The molecular formula is C10H10Br2O. The molecule has 1 rings (SSSR count). The molecule has 0 aliphatic carbocycles. The topological polar surface area (TPSA) is 9.23 Å². The predicted molar refractivity (Wildman–Crippen MR) is 63.1 cm³/mol. The van der Waals surface area contributed by atoms with E-state index in [9.17, 15) is 0 Å². The van der Waals surface area contributed by atoms with Crippen LogP contribution < -0.4 is 0 Å². The van der Waals surface area contributed by atoms with Gasteiger partial charge in [-0.05, 0) is 0 Å². The second-order valence-corrected chi connectivity index (χ2v) is 3.63. The predicted octanol–water partition coefficient (Wildman–Crippen LogP) is 3.79. The van der Waals surface area contributed by atoms with Gasteiger partial charge in [-0.2, -0.15) is 0 Å². The van der Waals surface area contributed by atoms with Crippen LogP contribution in [0.3, 0.4) is 0 Å².